The van der Waals surface area contributed by atoms with E-state index in [-0.39, 0.29) is 11.9 Å². The van der Waals surface area contributed by atoms with Gasteiger partial charge in [-0.2, -0.15) is 0 Å². The molecule has 3 heteroatoms. The summed E-state index contributed by atoms with van der Waals surface area (Å²) in [4.78, 5) is 12.1. The zero-order valence-corrected chi connectivity index (χ0v) is 11.5. The molecule has 0 fully saturated rings. The quantitative estimate of drug-likeness (QED) is 0.579. The van der Waals surface area contributed by atoms with Gasteiger partial charge in [0.25, 0.3) is 0 Å². The van der Waals surface area contributed by atoms with Gasteiger partial charge in [-0.3, -0.25) is 4.79 Å². The summed E-state index contributed by atoms with van der Waals surface area (Å²) in [6.45, 7) is 3.98. The highest BCUT2D eigenvalue weighted by Crippen LogP contribution is 2.41. The van der Waals surface area contributed by atoms with Crippen LogP contribution in [0.15, 0.2) is 36.4 Å². The number of carbonyl (C=O) groups excluding carboxylic acids is 1. The molecule has 1 heterocycles. The minimum Gasteiger partial charge on any atom is -0.425 e. The maximum absolute atomic E-state index is 12.1. The fraction of sp³-hybridized carbons (Fsp3) is 0.188. The Balaban J connectivity index is 2.15. The standard InChI is InChI=1S/C16H13ClO2/c1-9-7-10(2)15-13(8-9)14(16(18)19-15)11-3-5-12(17)6-4-11/h3-8,14H,1-2H3. The summed E-state index contributed by atoms with van der Waals surface area (Å²) < 4.78 is 5.42. The molecule has 0 aromatic heterocycles. The van der Waals surface area contributed by atoms with Crippen molar-refractivity contribution < 1.29 is 9.53 Å². The van der Waals surface area contributed by atoms with Crippen molar-refractivity contribution in [3.8, 4) is 5.75 Å². The molecule has 2 aromatic rings. The monoisotopic (exact) mass is 272 g/mol. The van der Waals surface area contributed by atoms with Crippen LogP contribution >= 0.6 is 11.6 Å². The lowest BCUT2D eigenvalue weighted by Gasteiger charge is -2.09. The maximum atomic E-state index is 12.1. The van der Waals surface area contributed by atoms with Crippen LogP contribution < -0.4 is 4.74 Å². The molecule has 0 amide bonds. The first-order valence-corrected chi connectivity index (χ1v) is 6.52. The molecule has 0 N–H and O–H groups in total. The Bertz CT molecular complexity index is 659. The zero-order chi connectivity index (χ0) is 13.6. The van der Waals surface area contributed by atoms with E-state index >= 15 is 0 Å². The lowest BCUT2D eigenvalue weighted by molar-refractivity contribution is -0.133. The third kappa shape index (κ3) is 2.02. The molecule has 19 heavy (non-hydrogen) atoms. The highest BCUT2D eigenvalue weighted by atomic mass is 35.5. The average Bonchev–Trinajstić information content (AvgIpc) is 2.67. The molecule has 0 bridgehead atoms. The zero-order valence-electron chi connectivity index (χ0n) is 10.7. The summed E-state index contributed by atoms with van der Waals surface area (Å²) in [6, 6.07) is 11.4. The highest BCUT2D eigenvalue weighted by molar-refractivity contribution is 6.30. The number of hydrogen-bond acceptors (Lipinski definition) is 2. The second kappa shape index (κ2) is 4.39. The normalized spacial score (nSPS) is 17.2. The van der Waals surface area contributed by atoms with Crippen LogP contribution in [0.3, 0.4) is 0 Å². The molecule has 1 unspecified atom stereocenters. The number of benzene rings is 2. The first-order valence-electron chi connectivity index (χ1n) is 6.14. The van der Waals surface area contributed by atoms with Gasteiger partial charge < -0.3 is 4.74 Å². The summed E-state index contributed by atoms with van der Waals surface area (Å²) in [7, 11) is 0. The number of rotatable bonds is 1. The van der Waals surface area contributed by atoms with E-state index in [0.29, 0.717) is 10.8 Å². The van der Waals surface area contributed by atoms with E-state index in [1.54, 1.807) is 12.1 Å². The van der Waals surface area contributed by atoms with E-state index in [0.717, 1.165) is 22.3 Å². The van der Waals surface area contributed by atoms with E-state index in [1.165, 1.54) is 0 Å². The first-order chi connectivity index (χ1) is 9.06. The summed E-state index contributed by atoms with van der Waals surface area (Å²) >= 11 is 5.89. The van der Waals surface area contributed by atoms with Crippen LogP contribution in [0.1, 0.15) is 28.2 Å². The van der Waals surface area contributed by atoms with Crippen molar-refractivity contribution in [3.63, 3.8) is 0 Å². The fourth-order valence-corrected chi connectivity index (χ4v) is 2.72. The van der Waals surface area contributed by atoms with Gasteiger partial charge in [0, 0.05) is 10.6 Å². The van der Waals surface area contributed by atoms with Crippen LogP contribution in [0.5, 0.6) is 5.75 Å². The summed E-state index contributed by atoms with van der Waals surface area (Å²) in [6.07, 6.45) is 0. The van der Waals surface area contributed by atoms with Crippen LogP contribution in [-0.2, 0) is 4.79 Å². The predicted octanol–water partition coefficient (Wildman–Crippen LogP) is 4.01. The molecule has 2 nitrogen and oxygen atoms in total. The molecular formula is C16H13ClO2. The van der Waals surface area contributed by atoms with Crippen LogP contribution in [0.25, 0.3) is 0 Å². The van der Waals surface area contributed by atoms with Gasteiger partial charge in [-0.1, -0.05) is 41.4 Å². The van der Waals surface area contributed by atoms with Crippen molar-refractivity contribution in [2.24, 2.45) is 0 Å². The predicted molar refractivity (Wildman–Crippen MR) is 74.8 cm³/mol. The van der Waals surface area contributed by atoms with Gasteiger partial charge in [0.15, 0.2) is 0 Å². The topological polar surface area (TPSA) is 26.3 Å². The lowest BCUT2D eigenvalue weighted by atomic mass is 9.90. The van der Waals surface area contributed by atoms with Crippen LogP contribution in [0.4, 0.5) is 0 Å². The van der Waals surface area contributed by atoms with Crippen molar-refractivity contribution in [3.05, 3.63) is 63.7 Å². The molecule has 0 spiro atoms. The molecule has 1 aliphatic heterocycles. The van der Waals surface area contributed by atoms with Gasteiger partial charge in [-0.05, 0) is 37.1 Å². The van der Waals surface area contributed by atoms with Crippen molar-refractivity contribution in [1.82, 2.24) is 0 Å². The molecular weight excluding hydrogens is 260 g/mol. The first kappa shape index (κ1) is 12.2. The number of fused-ring (bicyclic) bond motifs is 1. The van der Waals surface area contributed by atoms with E-state index in [4.69, 9.17) is 16.3 Å². The van der Waals surface area contributed by atoms with Gasteiger partial charge in [0.2, 0.25) is 0 Å². The minimum atomic E-state index is -0.342. The van der Waals surface area contributed by atoms with Crippen LogP contribution in [-0.4, -0.2) is 5.97 Å². The number of ether oxygens (including phenoxy) is 1. The van der Waals surface area contributed by atoms with E-state index in [9.17, 15) is 4.79 Å². The van der Waals surface area contributed by atoms with Crippen LogP contribution in [0.2, 0.25) is 5.02 Å². The van der Waals surface area contributed by atoms with E-state index in [2.05, 4.69) is 0 Å². The number of halogens is 1. The van der Waals surface area contributed by atoms with E-state index in [1.807, 2.05) is 38.1 Å². The Kier molecular flexibility index (Phi) is 2.83. The van der Waals surface area contributed by atoms with Crippen LogP contribution in [0, 0.1) is 13.8 Å². The second-order valence-corrected chi connectivity index (χ2v) is 5.34. The van der Waals surface area contributed by atoms with Gasteiger partial charge in [-0.25, -0.2) is 0 Å². The number of carbonyl (C=O) groups is 1. The number of hydrogen-bond donors (Lipinski definition) is 0. The maximum Gasteiger partial charge on any atom is 0.323 e. The summed E-state index contributed by atoms with van der Waals surface area (Å²) in [5.41, 5.74) is 4.00. The molecule has 1 atom stereocenters. The van der Waals surface area contributed by atoms with Gasteiger partial charge in [0.05, 0.1) is 0 Å². The fourth-order valence-electron chi connectivity index (χ4n) is 2.60. The number of esters is 1. The van der Waals surface area contributed by atoms with Gasteiger partial charge in [-0.15, -0.1) is 0 Å². The molecule has 2 aromatic carbocycles. The second-order valence-electron chi connectivity index (χ2n) is 4.91. The largest absolute Gasteiger partial charge is 0.425 e. The van der Waals surface area contributed by atoms with Crippen molar-refractivity contribution >= 4 is 17.6 Å². The third-order valence-electron chi connectivity index (χ3n) is 3.40. The van der Waals surface area contributed by atoms with Crippen molar-refractivity contribution in [1.29, 1.82) is 0 Å². The molecule has 96 valence electrons. The molecule has 1 aliphatic rings. The molecule has 3 rings (SSSR count). The Hall–Kier alpha value is -1.80. The Morgan fingerprint density at radius 2 is 1.79 bits per heavy atom. The smallest absolute Gasteiger partial charge is 0.323 e. The average molecular weight is 273 g/mol. The SMILES string of the molecule is Cc1cc(C)c2c(c1)C(c1ccc(Cl)cc1)C(=O)O2. The van der Waals surface area contributed by atoms with Gasteiger partial charge in [0.1, 0.15) is 11.7 Å². The van der Waals surface area contributed by atoms with E-state index < -0.39 is 0 Å². The van der Waals surface area contributed by atoms with Crippen molar-refractivity contribution in [2.45, 2.75) is 19.8 Å². The Labute approximate surface area is 117 Å². The summed E-state index contributed by atoms with van der Waals surface area (Å²) in [5, 5.41) is 0.663. The summed E-state index contributed by atoms with van der Waals surface area (Å²) in [5.74, 6) is 0.146. The molecule has 0 saturated carbocycles. The molecule has 0 radical (unpaired) electrons. The molecule has 0 saturated heterocycles. The Morgan fingerprint density at radius 1 is 1.11 bits per heavy atom. The Morgan fingerprint density at radius 3 is 2.47 bits per heavy atom. The number of aryl methyl sites for hydroxylation is 2. The minimum absolute atomic E-state index is 0.217. The lowest BCUT2D eigenvalue weighted by Crippen LogP contribution is -2.11. The van der Waals surface area contributed by atoms with Gasteiger partial charge >= 0.3 is 5.97 Å². The van der Waals surface area contributed by atoms with Crippen molar-refractivity contribution in [2.75, 3.05) is 0 Å². The molecule has 0 aliphatic carbocycles. The third-order valence-corrected chi connectivity index (χ3v) is 3.65. The highest BCUT2D eigenvalue weighted by Gasteiger charge is 2.35.